The topological polar surface area (TPSA) is 36.9 Å². The molecule has 3 N–H and O–H groups in total. The first kappa shape index (κ1) is 13.8. The maximum absolute atomic E-state index is 13.0. The zero-order valence-electron chi connectivity index (χ0n) is 10.2. The first-order chi connectivity index (χ1) is 8.55. The van der Waals surface area contributed by atoms with Crippen molar-refractivity contribution in [3.05, 3.63) is 24.3 Å². The fraction of sp³-hybridized carbons (Fsp3) is 0.538. The molecule has 1 saturated carbocycles. The summed E-state index contributed by atoms with van der Waals surface area (Å²) >= 11 is 1.31. The predicted molar refractivity (Wildman–Crippen MR) is 67.7 cm³/mol. The minimum absolute atomic E-state index is 0.00188. The monoisotopic (exact) mass is 274 g/mol. The van der Waals surface area contributed by atoms with E-state index in [1.54, 1.807) is 0 Å². The molecule has 1 fully saturated rings. The normalized spacial score (nSPS) is 19.9. The van der Waals surface area contributed by atoms with E-state index < -0.39 is 5.92 Å². The zero-order valence-corrected chi connectivity index (χ0v) is 11.0. The van der Waals surface area contributed by atoms with Gasteiger partial charge < -0.3 is 9.92 Å². The lowest BCUT2D eigenvalue weighted by atomic mass is 9.87. The quantitative estimate of drug-likeness (QED) is 0.854. The Morgan fingerprint density at radius 1 is 1.22 bits per heavy atom. The Balaban J connectivity index is 1.68. The summed E-state index contributed by atoms with van der Waals surface area (Å²) in [6.45, 7) is 0.548. The summed E-state index contributed by atoms with van der Waals surface area (Å²) in [5, 5.41) is 0. The number of hydrogen-bond acceptors (Lipinski definition) is 2. The summed E-state index contributed by atoms with van der Waals surface area (Å²) in [4.78, 5) is 1.02. The van der Waals surface area contributed by atoms with Gasteiger partial charge in [-0.3, -0.25) is 0 Å². The van der Waals surface area contributed by atoms with E-state index in [1.807, 2.05) is 24.3 Å². The number of benzene rings is 1. The average Bonchev–Trinajstić information content (AvgIpc) is 2.34. The van der Waals surface area contributed by atoms with Gasteiger partial charge in [0, 0.05) is 41.9 Å². The molecule has 1 aromatic rings. The highest BCUT2D eigenvalue weighted by Gasteiger charge is 2.34. The van der Waals surface area contributed by atoms with Crippen LogP contribution in [0.15, 0.2) is 29.2 Å². The third-order valence-corrected chi connectivity index (χ3v) is 3.94. The maximum atomic E-state index is 13.0. The van der Waals surface area contributed by atoms with Crippen LogP contribution in [0.2, 0.25) is 0 Å². The van der Waals surface area contributed by atoms with E-state index in [9.17, 15) is 8.78 Å². The zero-order chi connectivity index (χ0) is 13.0. The van der Waals surface area contributed by atoms with Crippen LogP contribution in [0, 0.1) is 5.92 Å². The molecule has 0 aliphatic heterocycles. The third kappa shape index (κ3) is 4.23. The smallest absolute Gasteiger partial charge is 0.248 e. The molecule has 0 spiro atoms. The molecule has 1 aliphatic rings. The van der Waals surface area contributed by atoms with E-state index in [0.29, 0.717) is 19.4 Å². The summed E-state index contributed by atoms with van der Waals surface area (Å²) in [6.07, 6.45) is 1.13. The van der Waals surface area contributed by atoms with Crippen molar-refractivity contribution in [2.45, 2.75) is 36.5 Å². The van der Waals surface area contributed by atoms with Crippen LogP contribution < -0.4 is 5.73 Å². The molecular formula is C13H18F2NOS+. The number of rotatable bonds is 4. The Kier molecular flexibility index (Phi) is 4.59. The fourth-order valence-electron chi connectivity index (χ4n) is 2.01. The van der Waals surface area contributed by atoms with E-state index in [2.05, 4.69) is 5.73 Å². The Hall–Kier alpha value is -0.650. The molecular weight excluding hydrogens is 256 g/mol. The molecule has 0 heterocycles. The highest BCUT2D eigenvalue weighted by molar-refractivity contribution is 7.94. The van der Waals surface area contributed by atoms with Crippen molar-refractivity contribution in [1.29, 1.82) is 0 Å². The number of quaternary nitrogens is 1. The lowest BCUT2D eigenvalue weighted by Crippen LogP contribution is -2.39. The number of hydrogen-bond donors (Lipinski definition) is 1. The molecule has 2 rings (SSSR count). The van der Waals surface area contributed by atoms with Gasteiger partial charge in [-0.25, -0.2) is 8.78 Å². The van der Waals surface area contributed by atoms with Crippen LogP contribution >= 0.6 is 12.0 Å². The fourth-order valence-corrected chi connectivity index (χ4v) is 2.65. The summed E-state index contributed by atoms with van der Waals surface area (Å²) in [7, 11) is 0. The number of alkyl halides is 2. The van der Waals surface area contributed by atoms with E-state index in [-0.39, 0.29) is 18.8 Å². The van der Waals surface area contributed by atoms with Crippen LogP contribution in [0.5, 0.6) is 0 Å². The van der Waals surface area contributed by atoms with Crippen LogP contribution in [0.3, 0.4) is 0 Å². The van der Waals surface area contributed by atoms with Gasteiger partial charge in [0.2, 0.25) is 5.92 Å². The van der Waals surface area contributed by atoms with Gasteiger partial charge in [-0.15, -0.1) is 0 Å². The van der Waals surface area contributed by atoms with Crippen LogP contribution in [0.1, 0.15) is 25.7 Å². The molecule has 5 heteroatoms. The van der Waals surface area contributed by atoms with Crippen molar-refractivity contribution >= 4 is 17.7 Å². The lowest BCUT2D eigenvalue weighted by Gasteiger charge is -2.27. The Morgan fingerprint density at radius 2 is 1.83 bits per heavy atom. The summed E-state index contributed by atoms with van der Waals surface area (Å²) in [5.41, 5.74) is 4.77. The van der Waals surface area contributed by atoms with Crippen molar-refractivity contribution < 1.29 is 18.7 Å². The molecule has 1 aliphatic carbocycles. The highest BCUT2D eigenvalue weighted by atomic mass is 32.2. The summed E-state index contributed by atoms with van der Waals surface area (Å²) < 4.78 is 31.4. The van der Waals surface area contributed by atoms with Crippen molar-refractivity contribution in [3.63, 3.8) is 0 Å². The van der Waals surface area contributed by atoms with Crippen LogP contribution in [-0.2, 0) is 4.18 Å². The molecule has 0 radical (unpaired) electrons. The van der Waals surface area contributed by atoms with Crippen LogP contribution in [0.25, 0.3) is 0 Å². The van der Waals surface area contributed by atoms with Gasteiger partial charge in [0.15, 0.2) is 0 Å². The van der Waals surface area contributed by atoms with Gasteiger partial charge in [-0.1, -0.05) is 0 Å². The Morgan fingerprint density at radius 3 is 2.44 bits per heavy atom. The molecule has 0 atom stereocenters. The Labute approximate surface area is 110 Å². The molecule has 0 bridgehead atoms. The van der Waals surface area contributed by atoms with E-state index in [0.717, 1.165) is 10.6 Å². The lowest BCUT2D eigenvalue weighted by molar-refractivity contribution is -0.254. The second kappa shape index (κ2) is 5.99. The minimum Gasteiger partial charge on any atom is -0.325 e. The molecule has 1 aromatic carbocycles. The van der Waals surface area contributed by atoms with Gasteiger partial charge in [0.05, 0.1) is 6.61 Å². The maximum Gasteiger partial charge on any atom is 0.248 e. The van der Waals surface area contributed by atoms with Crippen molar-refractivity contribution in [3.8, 4) is 0 Å². The molecule has 0 unspecified atom stereocenters. The van der Waals surface area contributed by atoms with Crippen molar-refractivity contribution in [2.24, 2.45) is 5.92 Å². The molecule has 18 heavy (non-hydrogen) atoms. The number of halogens is 2. The molecule has 0 aromatic heterocycles. The summed E-state index contributed by atoms with van der Waals surface area (Å²) in [6, 6.07) is 7.74. The van der Waals surface area contributed by atoms with Crippen LogP contribution in [0.4, 0.5) is 14.5 Å². The second-order valence-electron chi connectivity index (χ2n) is 4.81. The molecule has 0 saturated heterocycles. The molecule has 2 nitrogen and oxygen atoms in total. The third-order valence-electron chi connectivity index (χ3n) is 3.22. The first-order valence-electron chi connectivity index (χ1n) is 6.14. The standard InChI is InChI=1S/C13H17F2NOS/c14-13(15)7-5-10(6-8-13)9-17-18-12-3-1-11(16)2-4-12/h1-4,10H,5-9,16H2/p+1. The van der Waals surface area contributed by atoms with E-state index in [4.69, 9.17) is 4.18 Å². The summed E-state index contributed by atoms with van der Waals surface area (Å²) in [5.74, 6) is -2.18. The predicted octanol–water partition coefficient (Wildman–Crippen LogP) is 3.41. The minimum atomic E-state index is -2.45. The van der Waals surface area contributed by atoms with E-state index in [1.165, 1.54) is 12.0 Å². The molecule has 0 amide bonds. The average molecular weight is 274 g/mol. The Bertz CT molecular complexity index is 373. The largest absolute Gasteiger partial charge is 0.325 e. The SMILES string of the molecule is [NH3+]c1ccc(SOCC2CCC(F)(F)CC2)cc1. The van der Waals surface area contributed by atoms with Gasteiger partial charge in [-0.05, 0) is 30.9 Å². The van der Waals surface area contributed by atoms with Gasteiger partial charge >= 0.3 is 0 Å². The van der Waals surface area contributed by atoms with Crippen molar-refractivity contribution in [1.82, 2.24) is 0 Å². The van der Waals surface area contributed by atoms with E-state index >= 15 is 0 Å². The van der Waals surface area contributed by atoms with Gasteiger partial charge in [0.1, 0.15) is 5.69 Å². The van der Waals surface area contributed by atoms with Crippen LogP contribution in [-0.4, -0.2) is 12.5 Å². The second-order valence-corrected chi connectivity index (χ2v) is 5.68. The van der Waals surface area contributed by atoms with Gasteiger partial charge in [-0.2, -0.15) is 0 Å². The first-order valence-corrected chi connectivity index (χ1v) is 6.89. The highest BCUT2D eigenvalue weighted by Crippen LogP contribution is 2.36. The molecule has 100 valence electrons. The van der Waals surface area contributed by atoms with Gasteiger partial charge in [0.25, 0.3) is 0 Å². The van der Waals surface area contributed by atoms with Crippen molar-refractivity contribution in [2.75, 3.05) is 6.61 Å².